The molecule has 0 unspecified atom stereocenters. The Kier molecular flexibility index (Phi) is 2.69. The van der Waals surface area contributed by atoms with Crippen LogP contribution in [0.3, 0.4) is 0 Å². The summed E-state index contributed by atoms with van der Waals surface area (Å²) in [5.74, 6) is -0.765. The number of hydrogen-bond donors (Lipinski definition) is 1. The molecule has 0 bridgehead atoms. The minimum atomic E-state index is -0.689. The minimum absolute atomic E-state index is 0.0193. The van der Waals surface area contributed by atoms with Gasteiger partial charge < -0.3 is 5.73 Å². The van der Waals surface area contributed by atoms with E-state index in [9.17, 15) is 9.59 Å². The molecule has 0 spiro atoms. The van der Waals surface area contributed by atoms with Crippen LogP contribution in [0.2, 0.25) is 0 Å². The monoisotopic (exact) mass is 179 g/mol. The van der Waals surface area contributed by atoms with Crippen LogP contribution in [0.5, 0.6) is 0 Å². The van der Waals surface area contributed by atoms with Crippen LogP contribution in [0.15, 0.2) is 12.3 Å². The Morgan fingerprint density at radius 3 is 2.77 bits per heavy atom. The lowest BCUT2D eigenvalue weighted by Crippen LogP contribution is -2.16. The van der Waals surface area contributed by atoms with Gasteiger partial charge in [0.05, 0.1) is 5.69 Å². The molecule has 1 amide bonds. The van der Waals surface area contributed by atoms with Gasteiger partial charge in [-0.2, -0.15) is 0 Å². The Morgan fingerprint density at radius 1 is 1.54 bits per heavy atom. The third kappa shape index (κ3) is 2.62. The average Bonchev–Trinajstić information content (AvgIpc) is 2.03. The molecule has 0 saturated heterocycles. The van der Waals surface area contributed by atoms with E-state index in [1.165, 1.54) is 13.1 Å². The second-order valence-corrected chi connectivity index (χ2v) is 2.61. The van der Waals surface area contributed by atoms with Gasteiger partial charge in [-0.1, -0.05) is 0 Å². The molecule has 2 N–H and O–H groups in total. The maximum atomic E-state index is 10.7. The summed E-state index contributed by atoms with van der Waals surface area (Å²) in [6, 6.07) is 1.58. The number of primary amides is 1. The molecule has 0 aliphatic rings. The molecule has 1 heterocycles. The molecule has 0 atom stereocenters. The summed E-state index contributed by atoms with van der Waals surface area (Å²) in [4.78, 5) is 28.8. The van der Waals surface area contributed by atoms with Gasteiger partial charge in [-0.25, -0.2) is 9.97 Å². The summed E-state index contributed by atoms with van der Waals surface area (Å²) >= 11 is 0. The Hall–Kier alpha value is -1.78. The van der Waals surface area contributed by atoms with Gasteiger partial charge >= 0.3 is 0 Å². The molecule has 68 valence electrons. The van der Waals surface area contributed by atoms with Crippen LogP contribution >= 0.6 is 0 Å². The molecule has 5 nitrogen and oxygen atoms in total. The molecule has 1 aromatic heterocycles. The first-order valence-electron chi connectivity index (χ1n) is 3.71. The summed E-state index contributed by atoms with van der Waals surface area (Å²) in [5.41, 5.74) is 5.48. The lowest BCUT2D eigenvalue weighted by molar-refractivity contribution is -0.116. The number of nitrogens with zero attached hydrogens (tertiary/aromatic N) is 2. The van der Waals surface area contributed by atoms with Crippen molar-refractivity contribution in [1.29, 1.82) is 0 Å². The molecule has 13 heavy (non-hydrogen) atoms. The first-order valence-corrected chi connectivity index (χ1v) is 3.71. The maximum Gasteiger partial charge on any atom is 0.286 e. The normalized spacial score (nSPS) is 9.62. The Bertz CT molecular complexity index is 349. The zero-order chi connectivity index (χ0) is 9.84. The van der Waals surface area contributed by atoms with E-state index in [2.05, 4.69) is 9.97 Å². The molecule has 1 aromatic rings. The lowest BCUT2D eigenvalue weighted by Gasteiger charge is -1.97. The molecule has 0 fully saturated rings. The molecule has 1 rings (SSSR count). The molecule has 0 radical (unpaired) electrons. The maximum absolute atomic E-state index is 10.7. The third-order valence-electron chi connectivity index (χ3n) is 1.36. The number of carbonyl (C=O) groups excluding carboxylic acids is 2. The Balaban J connectivity index is 2.91. The van der Waals surface area contributed by atoms with E-state index in [0.717, 1.165) is 0 Å². The number of hydrogen-bond acceptors (Lipinski definition) is 4. The van der Waals surface area contributed by atoms with Gasteiger partial charge in [0.1, 0.15) is 5.78 Å². The number of amides is 1. The highest BCUT2D eigenvalue weighted by atomic mass is 16.1. The van der Waals surface area contributed by atoms with Gasteiger partial charge in [0.25, 0.3) is 5.91 Å². The summed E-state index contributed by atoms with van der Waals surface area (Å²) in [6.07, 6.45) is 1.61. The lowest BCUT2D eigenvalue weighted by atomic mass is 10.2. The zero-order valence-corrected chi connectivity index (χ0v) is 7.15. The molecule has 0 aliphatic carbocycles. The SMILES string of the molecule is CC(=O)Cc1ccnc(C(N)=O)n1. The second-order valence-electron chi connectivity index (χ2n) is 2.61. The number of carbonyl (C=O) groups is 2. The Labute approximate surface area is 75.0 Å². The van der Waals surface area contributed by atoms with E-state index in [4.69, 9.17) is 5.73 Å². The van der Waals surface area contributed by atoms with Gasteiger partial charge in [-0.05, 0) is 13.0 Å². The zero-order valence-electron chi connectivity index (χ0n) is 7.15. The molecule has 5 heteroatoms. The quantitative estimate of drug-likeness (QED) is 0.690. The summed E-state index contributed by atoms with van der Waals surface area (Å²) in [6.45, 7) is 1.45. The fourth-order valence-corrected chi connectivity index (χ4v) is 0.868. The second kappa shape index (κ2) is 3.75. The number of nitrogens with two attached hydrogens (primary N) is 1. The van der Waals surface area contributed by atoms with Crippen molar-refractivity contribution >= 4 is 11.7 Å². The molecule has 0 saturated carbocycles. The van der Waals surface area contributed by atoms with Crippen molar-refractivity contribution in [2.75, 3.05) is 0 Å². The molecular formula is C8H9N3O2. The Morgan fingerprint density at radius 2 is 2.23 bits per heavy atom. The highest BCUT2D eigenvalue weighted by molar-refractivity contribution is 5.88. The van der Waals surface area contributed by atoms with Crippen molar-refractivity contribution in [2.45, 2.75) is 13.3 Å². The number of Topliss-reactive ketones (excluding diaryl/α,β-unsaturated/α-hetero) is 1. The fourth-order valence-electron chi connectivity index (χ4n) is 0.868. The topological polar surface area (TPSA) is 85.9 Å². The summed E-state index contributed by atoms with van der Waals surface area (Å²) in [7, 11) is 0. The number of aromatic nitrogens is 2. The third-order valence-corrected chi connectivity index (χ3v) is 1.36. The first-order chi connectivity index (χ1) is 6.09. The van der Waals surface area contributed by atoms with Crippen molar-refractivity contribution in [3.8, 4) is 0 Å². The predicted molar refractivity (Wildman–Crippen MR) is 44.9 cm³/mol. The van der Waals surface area contributed by atoms with Gasteiger partial charge in [-0.3, -0.25) is 9.59 Å². The van der Waals surface area contributed by atoms with E-state index < -0.39 is 5.91 Å². The van der Waals surface area contributed by atoms with Crippen LogP contribution < -0.4 is 5.73 Å². The largest absolute Gasteiger partial charge is 0.363 e. The van der Waals surface area contributed by atoms with Crippen LogP contribution in [0.1, 0.15) is 23.2 Å². The van der Waals surface area contributed by atoms with Crippen molar-refractivity contribution < 1.29 is 9.59 Å². The van der Waals surface area contributed by atoms with Crippen LogP contribution in [0.4, 0.5) is 0 Å². The average molecular weight is 179 g/mol. The van der Waals surface area contributed by atoms with Crippen LogP contribution in [0.25, 0.3) is 0 Å². The smallest absolute Gasteiger partial charge is 0.286 e. The van der Waals surface area contributed by atoms with Gasteiger partial charge in [0.2, 0.25) is 5.82 Å². The molecule has 0 aliphatic heterocycles. The van der Waals surface area contributed by atoms with Crippen molar-refractivity contribution in [3.63, 3.8) is 0 Å². The standard InChI is InChI=1S/C8H9N3O2/c1-5(12)4-6-2-3-10-8(11-6)7(9)13/h2-3H,4H2,1H3,(H2,9,13). The van der Waals surface area contributed by atoms with Gasteiger partial charge in [-0.15, -0.1) is 0 Å². The van der Waals surface area contributed by atoms with Crippen molar-refractivity contribution in [1.82, 2.24) is 9.97 Å². The van der Waals surface area contributed by atoms with Crippen LogP contribution in [0, 0.1) is 0 Å². The predicted octanol–water partition coefficient (Wildman–Crippen LogP) is -0.293. The van der Waals surface area contributed by atoms with Crippen molar-refractivity contribution in [3.05, 3.63) is 23.8 Å². The van der Waals surface area contributed by atoms with Crippen LogP contribution in [-0.4, -0.2) is 21.7 Å². The van der Waals surface area contributed by atoms with Crippen LogP contribution in [-0.2, 0) is 11.2 Å². The highest BCUT2D eigenvalue weighted by Gasteiger charge is 2.05. The summed E-state index contributed by atoms with van der Waals surface area (Å²) in [5, 5.41) is 0. The number of rotatable bonds is 3. The molecular weight excluding hydrogens is 170 g/mol. The van der Waals surface area contributed by atoms with Gasteiger partial charge in [0.15, 0.2) is 0 Å². The van der Waals surface area contributed by atoms with Crippen molar-refractivity contribution in [2.24, 2.45) is 5.73 Å². The minimum Gasteiger partial charge on any atom is -0.363 e. The van der Waals surface area contributed by atoms with E-state index in [1.54, 1.807) is 6.07 Å². The van der Waals surface area contributed by atoms with E-state index >= 15 is 0 Å². The van der Waals surface area contributed by atoms with E-state index in [0.29, 0.717) is 5.69 Å². The fraction of sp³-hybridized carbons (Fsp3) is 0.250. The van der Waals surface area contributed by atoms with E-state index in [1.807, 2.05) is 0 Å². The summed E-state index contributed by atoms with van der Waals surface area (Å²) < 4.78 is 0. The van der Waals surface area contributed by atoms with E-state index in [-0.39, 0.29) is 18.0 Å². The number of ketones is 1. The molecule has 0 aromatic carbocycles. The van der Waals surface area contributed by atoms with Gasteiger partial charge in [0, 0.05) is 12.6 Å². The first kappa shape index (κ1) is 9.31. The highest BCUT2D eigenvalue weighted by Crippen LogP contribution is 1.96.